The van der Waals surface area contributed by atoms with Crippen molar-refractivity contribution in [2.75, 3.05) is 0 Å². The number of nitro groups is 1. The van der Waals surface area contributed by atoms with Crippen LogP contribution in [0.25, 0.3) is 0 Å². The van der Waals surface area contributed by atoms with Gasteiger partial charge in [0.15, 0.2) is 0 Å². The smallest absolute Gasteiger partial charge is 0.259 e. The molecule has 0 rings (SSSR count). The zero-order valence-electron chi connectivity index (χ0n) is 5.06. The van der Waals surface area contributed by atoms with Gasteiger partial charge in [-0.05, 0) is 0 Å². The van der Waals surface area contributed by atoms with Crippen molar-refractivity contribution in [1.29, 1.82) is 0 Å². The fourth-order valence-corrected chi connectivity index (χ4v) is 0.328. The van der Waals surface area contributed by atoms with Crippen LogP contribution in [0.15, 0.2) is 0 Å². The molecule has 0 fully saturated rings. The van der Waals surface area contributed by atoms with E-state index in [4.69, 9.17) is 0 Å². The summed E-state index contributed by atoms with van der Waals surface area (Å²) in [7, 11) is 0. The summed E-state index contributed by atoms with van der Waals surface area (Å²) in [6.45, 7) is 0. The quantitative estimate of drug-likeness (QED) is 0.229. The molecule has 3 nitrogen and oxygen atoms in total. The molecule has 0 spiro atoms. The average molecular weight is 209 g/mol. The molecule has 0 saturated heterocycles. The Bertz CT molecular complexity index is 223. The highest BCUT2D eigenvalue weighted by Gasteiger charge is 2.61. The standard InChI is InChI=1S/C3F5NO2S/c4-2(5,6)1(12)3(7,8)9(10)11. The van der Waals surface area contributed by atoms with Gasteiger partial charge in [0.25, 0.3) is 0 Å². The monoisotopic (exact) mass is 209 g/mol. The maximum Gasteiger partial charge on any atom is 0.554 e. The van der Waals surface area contributed by atoms with Crippen LogP contribution in [0.5, 0.6) is 0 Å². The van der Waals surface area contributed by atoms with E-state index >= 15 is 0 Å². The Labute approximate surface area is 67.3 Å². The number of alkyl halides is 5. The normalized spacial score (nSPS) is 12.8. The molecule has 9 heteroatoms. The second kappa shape index (κ2) is 2.88. The Hall–Kier alpha value is -0.860. The van der Waals surface area contributed by atoms with Gasteiger partial charge in [-0.2, -0.15) is 13.2 Å². The molecule has 0 radical (unpaired) electrons. The van der Waals surface area contributed by atoms with E-state index in [0.717, 1.165) is 0 Å². The lowest BCUT2D eigenvalue weighted by molar-refractivity contribution is -0.618. The number of halogens is 5. The fourth-order valence-electron chi connectivity index (χ4n) is 0.253. The van der Waals surface area contributed by atoms with Crippen LogP contribution in [-0.2, 0) is 0 Å². The second-order valence-electron chi connectivity index (χ2n) is 1.63. The Balaban J connectivity index is 4.83. The van der Waals surface area contributed by atoms with E-state index in [0.29, 0.717) is 0 Å². The van der Waals surface area contributed by atoms with Gasteiger partial charge in [-0.15, -0.1) is 8.78 Å². The van der Waals surface area contributed by atoms with Gasteiger partial charge in [0.2, 0.25) is 4.86 Å². The minimum absolute atomic E-state index is 2.39. The number of hydrogen-bond donors (Lipinski definition) is 0. The molecule has 0 saturated carbocycles. The first-order valence-electron chi connectivity index (χ1n) is 2.24. The summed E-state index contributed by atoms with van der Waals surface area (Å²) in [6, 6.07) is -5.23. The maximum atomic E-state index is 11.9. The molecule has 0 aliphatic heterocycles. The zero-order chi connectivity index (χ0) is 10.2. The lowest BCUT2D eigenvalue weighted by Gasteiger charge is -2.10. The van der Waals surface area contributed by atoms with Gasteiger partial charge in [-0.25, -0.2) is 0 Å². The zero-order valence-corrected chi connectivity index (χ0v) is 5.88. The van der Waals surface area contributed by atoms with Gasteiger partial charge in [-0.1, -0.05) is 12.2 Å². The molecular formula is C3F5NO2S. The molecule has 0 heterocycles. The van der Waals surface area contributed by atoms with E-state index in [1.807, 2.05) is 0 Å². The van der Waals surface area contributed by atoms with Crippen molar-refractivity contribution in [3.63, 3.8) is 0 Å². The summed E-state index contributed by atoms with van der Waals surface area (Å²) in [5.41, 5.74) is 0. The summed E-state index contributed by atoms with van der Waals surface area (Å²) < 4.78 is 57.9. The van der Waals surface area contributed by atoms with E-state index in [1.54, 1.807) is 0 Å². The second-order valence-corrected chi connectivity index (χ2v) is 2.03. The van der Waals surface area contributed by atoms with Crippen molar-refractivity contribution in [3.05, 3.63) is 10.1 Å². The number of thiocarbonyl (C=S) groups is 1. The predicted octanol–water partition coefficient (Wildman–Crippen LogP) is 1.79. The lowest BCUT2D eigenvalue weighted by Crippen LogP contribution is -2.44. The van der Waals surface area contributed by atoms with Crippen molar-refractivity contribution in [3.8, 4) is 0 Å². The molecule has 12 heavy (non-hydrogen) atoms. The van der Waals surface area contributed by atoms with Gasteiger partial charge < -0.3 is 0 Å². The van der Waals surface area contributed by atoms with Gasteiger partial charge in [0.05, 0.1) is 0 Å². The lowest BCUT2D eigenvalue weighted by atomic mass is 10.3. The number of rotatable bonds is 2. The molecule has 0 aliphatic rings. The third kappa shape index (κ3) is 2.06. The molecule has 0 aromatic carbocycles. The van der Waals surface area contributed by atoms with E-state index in [-0.39, 0.29) is 0 Å². The largest absolute Gasteiger partial charge is 0.554 e. The minimum atomic E-state index is -5.54. The summed E-state index contributed by atoms with van der Waals surface area (Å²) in [5, 5.41) is 9.38. The molecule has 0 aromatic rings. The van der Waals surface area contributed by atoms with Crippen LogP contribution in [-0.4, -0.2) is 22.0 Å². The first-order chi connectivity index (χ1) is 5.10. The van der Waals surface area contributed by atoms with Gasteiger partial charge in [-0.3, -0.25) is 10.1 Å². The molecular weight excluding hydrogens is 209 g/mol. The Morgan fingerprint density at radius 3 is 1.67 bits per heavy atom. The third-order valence-electron chi connectivity index (χ3n) is 0.760. The summed E-state index contributed by atoms with van der Waals surface area (Å²) in [5.74, 6) is 0. The highest BCUT2D eigenvalue weighted by molar-refractivity contribution is 7.80. The molecule has 70 valence electrons. The van der Waals surface area contributed by atoms with Crippen LogP contribution in [0.4, 0.5) is 22.0 Å². The molecule has 0 N–H and O–H groups in total. The van der Waals surface area contributed by atoms with Gasteiger partial charge in [0, 0.05) is 0 Å². The van der Waals surface area contributed by atoms with E-state index in [2.05, 4.69) is 12.2 Å². The Morgan fingerprint density at radius 1 is 1.25 bits per heavy atom. The highest BCUT2D eigenvalue weighted by Crippen LogP contribution is 2.29. The summed E-state index contributed by atoms with van der Waals surface area (Å²) in [6.07, 6.45) is -5.54. The van der Waals surface area contributed by atoms with Crippen molar-refractivity contribution >= 4 is 17.1 Å². The van der Waals surface area contributed by atoms with Crippen LogP contribution in [0.2, 0.25) is 0 Å². The van der Waals surface area contributed by atoms with Crippen molar-refractivity contribution in [2.45, 2.75) is 12.2 Å². The molecule has 0 aromatic heterocycles. The van der Waals surface area contributed by atoms with Crippen LogP contribution in [0.3, 0.4) is 0 Å². The van der Waals surface area contributed by atoms with Crippen LogP contribution in [0, 0.1) is 10.1 Å². The van der Waals surface area contributed by atoms with Gasteiger partial charge >= 0.3 is 12.2 Å². The number of nitrogens with zero attached hydrogens (tertiary/aromatic N) is 1. The molecule has 0 aliphatic carbocycles. The summed E-state index contributed by atoms with van der Waals surface area (Å²) >= 11 is 3.19. The topological polar surface area (TPSA) is 43.1 Å². The Kier molecular flexibility index (Phi) is 2.68. The third-order valence-corrected chi connectivity index (χ3v) is 1.24. The first-order valence-corrected chi connectivity index (χ1v) is 2.65. The summed E-state index contributed by atoms with van der Waals surface area (Å²) in [4.78, 5) is 4.14. The highest BCUT2D eigenvalue weighted by atomic mass is 32.1. The average Bonchev–Trinajstić information content (AvgIpc) is 1.83. The van der Waals surface area contributed by atoms with Crippen molar-refractivity contribution < 1.29 is 26.9 Å². The van der Waals surface area contributed by atoms with E-state index < -0.39 is 22.0 Å². The molecule has 0 unspecified atom stereocenters. The van der Waals surface area contributed by atoms with E-state index in [9.17, 15) is 32.1 Å². The predicted molar refractivity (Wildman–Crippen MR) is 30.6 cm³/mol. The molecule has 0 atom stereocenters. The maximum absolute atomic E-state index is 11.9. The fraction of sp³-hybridized carbons (Fsp3) is 0.667. The van der Waals surface area contributed by atoms with Crippen LogP contribution in [0.1, 0.15) is 0 Å². The van der Waals surface area contributed by atoms with Crippen LogP contribution >= 0.6 is 12.2 Å². The molecule has 0 bridgehead atoms. The SMILES string of the molecule is O=[N+]([O-])C(F)(F)C(=S)C(F)(F)F. The minimum Gasteiger partial charge on any atom is -0.259 e. The number of hydrogen-bond acceptors (Lipinski definition) is 3. The van der Waals surface area contributed by atoms with Crippen molar-refractivity contribution in [2.24, 2.45) is 0 Å². The molecule has 0 amide bonds. The van der Waals surface area contributed by atoms with Crippen LogP contribution < -0.4 is 0 Å². The van der Waals surface area contributed by atoms with E-state index in [1.165, 1.54) is 0 Å². The van der Waals surface area contributed by atoms with Gasteiger partial charge in [0.1, 0.15) is 4.92 Å². The van der Waals surface area contributed by atoms with Crippen molar-refractivity contribution in [1.82, 2.24) is 0 Å². The first kappa shape index (κ1) is 11.1. The Morgan fingerprint density at radius 2 is 1.58 bits per heavy atom.